The Morgan fingerprint density at radius 3 is 2.33 bits per heavy atom. The predicted octanol–water partition coefficient (Wildman–Crippen LogP) is 1.66. The minimum atomic E-state index is -3.21. The lowest BCUT2D eigenvalue weighted by molar-refractivity contribution is -0.129. The molecule has 2 heterocycles. The van der Waals surface area contributed by atoms with Crippen molar-refractivity contribution < 1.29 is 13.2 Å². The van der Waals surface area contributed by atoms with E-state index in [1.807, 2.05) is 30.3 Å². The minimum absolute atomic E-state index is 0. The predicted molar refractivity (Wildman–Crippen MR) is 110 cm³/mol. The molecule has 0 unspecified atom stereocenters. The molecule has 27 heavy (non-hydrogen) atoms. The van der Waals surface area contributed by atoms with Crippen LogP contribution in [0.5, 0.6) is 0 Å². The lowest BCUT2D eigenvalue weighted by Gasteiger charge is -2.41. The molecule has 2 fully saturated rings. The molecule has 2 N–H and O–H groups in total. The van der Waals surface area contributed by atoms with Gasteiger partial charge in [0.25, 0.3) is 0 Å². The van der Waals surface area contributed by atoms with Gasteiger partial charge in [0.05, 0.1) is 11.2 Å². The topological polar surface area (TPSA) is 78.5 Å². The second-order valence-corrected chi connectivity index (χ2v) is 9.50. The summed E-state index contributed by atoms with van der Waals surface area (Å²) >= 11 is 0. The number of rotatable bonds is 5. The van der Waals surface area contributed by atoms with Gasteiger partial charge in [0.2, 0.25) is 15.9 Å². The summed E-state index contributed by atoms with van der Waals surface area (Å²) in [4.78, 5) is 13.3. The van der Waals surface area contributed by atoms with Gasteiger partial charge in [-0.1, -0.05) is 30.3 Å². The normalized spacial score (nSPS) is 21.2. The molecule has 0 spiro atoms. The number of nitrogens with one attached hydrogen (secondary N) is 2. The number of nitrogens with zero attached hydrogens (tertiary/aromatic N) is 1. The third kappa shape index (κ3) is 4.83. The zero-order valence-electron chi connectivity index (χ0n) is 15.8. The summed E-state index contributed by atoms with van der Waals surface area (Å²) in [6.45, 7) is 4.30. The van der Waals surface area contributed by atoms with E-state index < -0.39 is 15.4 Å². The number of carbonyl (C=O) groups is 1. The van der Waals surface area contributed by atoms with Crippen molar-refractivity contribution in [1.29, 1.82) is 0 Å². The SMILES string of the molecule is CCS(=O)(=O)N1CCC(C(=O)NC2CCNCC2)(c2ccccc2)CC1.Cl. The zero-order valence-corrected chi connectivity index (χ0v) is 17.4. The van der Waals surface area contributed by atoms with Crippen LogP contribution in [-0.2, 0) is 20.2 Å². The summed E-state index contributed by atoms with van der Waals surface area (Å²) in [6.07, 6.45) is 2.92. The minimum Gasteiger partial charge on any atom is -0.352 e. The second-order valence-electron chi connectivity index (χ2n) is 7.25. The van der Waals surface area contributed by atoms with Crippen LogP contribution < -0.4 is 10.6 Å². The lowest BCUT2D eigenvalue weighted by atomic mass is 9.72. The fourth-order valence-electron chi connectivity index (χ4n) is 4.02. The van der Waals surface area contributed by atoms with Gasteiger partial charge >= 0.3 is 0 Å². The van der Waals surface area contributed by atoms with Crippen molar-refractivity contribution in [3.05, 3.63) is 35.9 Å². The number of sulfonamides is 1. The average Bonchev–Trinajstić information content (AvgIpc) is 2.69. The zero-order chi connectivity index (χ0) is 18.6. The van der Waals surface area contributed by atoms with E-state index in [0.29, 0.717) is 25.9 Å². The molecule has 1 amide bonds. The Bertz CT molecular complexity index is 713. The average molecular weight is 416 g/mol. The maximum Gasteiger partial charge on any atom is 0.230 e. The molecule has 8 heteroatoms. The fraction of sp³-hybridized carbons (Fsp3) is 0.632. The van der Waals surface area contributed by atoms with E-state index in [4.69, 9.17) is 0 Å². The van der Waals surface area contributed by atoms with Crippen LogP contribution in [0.3, 0.4) is 0 Å². The van der Waals surface area contributed by atoms with E-state index in [0.717, 1.165) is 31.5 Å². The molecule has 0 aromatic heterocycles. The first-order chi connectivity index (χ1) is 12.5. The largest absolute Gasteiger partial charge is 0.352 e. The van der Waals surface area contributed by atoms with Gasteiger partial charge in [0, 0.05) is 19.1 Å². The van der Waals surface area contributed by atoms with Crippen molar-refractivity contribution in [3.8, 4) is 0 Å². The van der Waals surface area contributed by atoms with Crippen LogP contribution >= 0.6 is 12.4 Å². The van der Waals surface area contributed by atoms with Crippen LogP contribution in [0, 0.1) is 0 Å². The van der Waals surface area contributed by atoms with Gasteiger partial charge in [-0.25, -0.2) is 12.7 Å². The summed E-state index contributed by atoms with van der Waals surface area (Å²) in [5.41, 5.74) is 0.339. The number of carbonyl (C=O) groups excluding carboxylic acids is 1. The Hall–Kier alpha value is -1.15. The first kappa shape index (κ1) is 22.1. The van der Waals surface area contributed by atoms with E-state index in [9.17, 15) is 13.2 Å². The third-order valence-corrected chi connectivity index (χ3v) is 7.65. The lowest BCUT2D eigenvalue weighted by Crippen LogP contribution is -2.55. The molecule has 0 saturated carbocycles. The van der Waals surface area contributed by atoms with Crippen molar-refractivity contribution in [1.82, 2.24) is 14.9 Å². The van der Waals surface area contributed by atoms with Crippen molar-refractivity contribution in [2.45, 2.75) is 44.1 Å². The Labute approximate surface area is 168 Å². The summed E-state index contributed by atoms with van der Waals surface area (Å²) in [6, 6.07) is 10.0. The van der Waals surface area contributed by atoms with Crippen molar-refractivity contribution in [2.75, 3.05) is 31.9 Å². The Morgan fingerprint density at radius 2 is 1.78 bits per heavy atom. The highest BCUT2D eigenvalue weighted by Crippen LogP contribution is 2.37. The van der Waals surface area contributed by atoms with Gasteiger partial charge in [-0.2, -0.15) is 0 Å². The van der Waals surface area contributed by atoms with E-state index >= 15 is 0 Å². The van der Waals surface area contributed by atoms with Crippen LogP contribution in [0.4, 0.5) is 0 Å². The van der Waals surface area contributed by atoms with Crippen molar-refractivity contribution in [3.63, 3.8) is 0 Å². The number of benzene rings is 1. The number of hydrogen-bond donors (Lipinski definition) is 2. The molecule has 0 atom stereocenters. The third-order valence-electron chi connectivity index (χ3n) is 5.77. The summed E-state index contributed by atoms with van der Waals surface area (Å²) in [7, 11) is -3.21. The summed E-state index contributed by atoms with van der Waals surface area (Å²) in [5, 5.41) is 6.56. The second kappa shape index (κ2) is 9.37. The number of halogens is 1. The van der Waals surface area contributed by atoms with E-state index in [2.05, 4.69) is 10.6 Å². The van der Waals surface area contributed by atoms with Crippen molar-refractivity contribution >= 4 is 28.3 Å². The van der Waals surface area contributed by atoms with Crippen LogP contribution in [-0.4, -0.2) is 56.6 Å². The maximum absolute atomic E-state index is 13.3. The maximum atomic E-state index is 13.3. The van der Waals surface area contributed by atoms with Gasteiger partial charge in [-0.3, -0.25) is 4.79 Å². The van der Waals surface area contributed by atoms with Gasteiger partial charge < -0.3 is 10.6 Å². The van der Waals surface area contributed by atoms with Crippen LogP contribution in [0.2, 0.25) is 0 Å². The highest BCUT2D eigenvalue weighted by molar-refractivity contribution is 7.89. The molecule has 2 aliphatic heterocycles. The highest BCUT2D eigenvalue weighted by atomic mass is 35.5. The van der Waals surface area contributed by atoms with Gasteiger partial charge in [-0.15, -0.1) is 12.4 Å². The Kier molecular flexibility index (Phi) is 7.68. The van der Waals surface area contributed by atoms with Gasteiger partial charge in [0.1, 0.15) is 0 Å². The van der Waals surface area contributed by atoms with Crippen molar-refractivity contribution in [2.24, 2.45) is 0 Å². The Morgan fingerprint density at radius 1 is 1.19 bits per heavy atom. The molecule has 0 aliphatic carbocycles. The van der Waals surface area contributed by atoms with Gasteiger partial charge in [0.15, 0.2) is 0 Å². The van der Waals surface area contributed by atoms with Crippen LogP contribution in [0.15, 0.2) is 30.3 Å². The van der Waals surface area contributed by atoms with Crippen LogP contribution in [0.1, 0.15) is 38.2 Å². The molecule has 0 radical (unpaired) electrons. The van der Waals surface area contributed by atoms with E-state index in [1.165, 1.54) is 4.31 Å². The monoisotopic (exact) mass is 415 g/mol. The molecule has 0 bridgehead atoms. The van der Waals surface area contributed by atoms with Gasteiger partial charge in [-0.05, 0) is 51.3 Å². The molecular formula is C19H30ClN3O3S. The molecule has 3 rings (SSSR count). The fourth-order valence-corrected chi connectivity index (χ4v) is 5.13. The summed E-state index contributed by atoms with van der Waals surface area (Å²) < 4.78 is 25.9. The molecule has 2 saturated heterocycles. The molecule has 1 aromatic carbocycles. The number of amides is 1. The highest BCUT2D eigenvalue weighted by Gasteiger charge is 2.45. The Balaban J connectivity index is 0.00000261. The molecule has 2 aliphatic rings. The molecule has 6 nitrogen and oxygen atoms in total. The van der Waals surface area contributed by atoms with E-state index in [1.54, 1.807) is 6.92 Å². The molecule has 152 valence electrons. The summed E-state index contributed by atoms with van der Waals surface area (Å²) in [5.74, 6) is 0.149. The van der Waals surface area contributed by atoms with E-state index in [-0.39, 0.29) is 30.1 Å². The first-order valence-corrected chi connectivity index (χ1v) is 11.1. The standard InChI is InChI=1S/C19H29N3O3S.ClH/c1-2-26(24,25)22-14-10-19(11-15-22,16-6-4-3-5-7-16)18(23)21-17-8-12-20-13-9-17;/h3-7,17,20H,2,8-15H2,1H3,(H,21,23);1H. The molecular weight excluding hydrogens is 386 g/mol. The number of piperidine rings is 2. The van der Waals surface area contributed by atoms with Crippen LogP contribution in [0.25, 0.3) is 0 Å². The first-order valence-electron chi connectivity index (χ1n) is 9.53. The molecule has 1 aromatic rings. The number of hydrogen-bond acceptors (Lipinski definition) is 4. The quantitative estimate of drug-likeness (QED) is 0.766. The smallest absolute Gasteiger partial charge is 0.230 e.